The molecule has 0 bridgehead atoms. The summed E-state index contributed by atoms with van der Waals surface area (Å²) in [7, 11) is -4.21. The number of sulfonamides is 1. The van der Waals surface area contributed by atoms with Crippen molar-refractivity contribution in [3.05, 3.63) is 96.3 Å². The van der Waals surface area contributed by atoms with E-state index in [-0.39, 0.29) is 16.3 Å². The van der Waals surface area contributed by atoms with Crippen molar-refractivity contribution in [3.8, 4) is 0 Å². The summed E-state index contributed by atoms with van der Waals surface area (Å²) >= 11 is 0. The number of hydrogen-bond acceptors (Lipinski definition) is 5. The highest BCUT2D eigenvalue weighted by molar-refractivity contribution is 7.92. The minimum atomic E-state index is -4.61. The fraction of sp³-hybridized carbons (Fsp3) is 0.0417. The monoisotopic (exact) mass is 498 g/mol. The largest absolute Gasteiger partial charge is 0.416 e. The van der Waals surface area contributed by atoms with Crippen molar-refractivity contribution in [1.29, 1.82) is 0 Å². The quantitative estimate of drug-likeness (QED) is 0.360. The molecule has 1 aromatic heterocycles. The van der Waals surface area contributed by atoms with E-state index in [1.807, 2.05) is 18.2 Å². The highest BCUT2D eigenvalue weighted by Crippen LogP contribution is 2.31. The SMILES string of the molecule is O=C(/C=C/c1cnc2ccccc2n1)Nc1cccc(S(=O)(=O)Nc2cccc(C(F)(F)F)c2)c1. The minimum Gasteiger partial charge on any atom is -0.322 e. The van der Waals surface area contributed by atoms with Crippen molar-refractivity contribution in [3.63, 3.8) is 0 Å². The molecule has 7 nitrogen and oxygen atoms in total. The summed E-state index contributed by atoms with van der Waals surface area (Å²) in [6.45, 7) is 0. The topological polar surface area (TPSA) is 101 Å². The third-order valence-corrected chi connectivity index (χ3v) is 6.11. The minimum absolute atomic E-state index is 0.177. The summed E-state index contributed by atoms with van der Waals surface area (Å²) in [6.07, 6.45) is -0.415. The molecule has 35 heavy (non-hydrogen) atoms. The van der Waals surface area contributed by atoms with Gasteiger partial charge in [-0.2, -0.15) is 13.2 Å². The second-order valence-corrected chi connectivity index (χ2v) is 9.00. The molecule has 2 N–H and O–H groups in total. The van der Waals surface area contributed by atoms with Crippen molar-refractivity contribution in [2.45, 2.75) is 11.1 Å². The molecule has 0 fully saturated rings. The number of rotatable bonds is 6. The summed E-state index contributed by atoms with van der Waals surface area (Å²) in [4.78, 5) is 20.7. The number of benzene rings is 3. The summed E-state index contributed by atoms with van der Waals surface area (Å²) in [6, 6.07) is 16.4. The number of para-hydroxylation sites is 2. The highest BCUT2D eigenvalue weighted by Gasteiger charge is 2.30. The molecule has 4 rings (SSSR count). The Bertz CT molecular complexity index is 1540. The maximum atomic E-state index is 12.9. The maximum Gasteiger partial charge on any atom is 0.416 e. The van der Waals surface area contributed by atoms with Crippen LogP contribution in [0.5, 0.6) is 0 Å². The first-order chi connectivity index (χ1) is 16.6. The van der Waals surface area contributed by atoms with Crippen LogP contribution in [0.1, 0.15) is 11.3 Å². The predicted molar refractivity (Wildman–Crippen MR) is 126 cm³/mol. The number of carbonyl (C=O) groups is 1. The van der Waals surface area contributed by atoms with Gasteiger partial charge in [-0.15, -0.1) is 0 Å². The van der Waals surface area contributed by atoms with Crippen LogP contribution in [0.3, 0.4) is 0 Å². The van der Waals surface area contributed by atoms with Gasteiger partial charge in [0.05, 0.1) is 33.4 Å². The average Bonchev–Trinajstić information content (AvgIpc) is 2.82. The number of hydrogen-bond donors (Lipinski definition) is 2. The van der Waals surface area contributed by atoms with Crippen molar-refractivity contribution in [2.75, 3.05) is 10.0 Å². The van der Waals surface area contributed by atoms with Crippen molar-refractivity contribution in [1.82, 2.24) is 9.97 Å². The number of fused-ring (bicyclic) bond motifs is 1. The molecule has 1 amide bonds. The van der Waals surface area contributed by atoms with Gasteiger partial charge in [-0.3, -0.25) is 14.5 Å². The molecule has 0 spiro atoms. The first-order valence-corrected chi connectivity index (χ1v) is 11.6. The molecule has 4 aromatic rings. The summed E-state index contributed by atoms with van der Waals surface area (Å²) < 4.78 is 66.2. The van der Waals surface area contributed by atoms with Crippen LogP contribution >= 0.6 is 0 Å². The van der Waals surface area contributed by atoms with Crippen LogP contribution in [0.4, 0.5) is 24.5 Å². The molecule has 0 aliphatic carbocycles. The fourth-order valence-electron chi connectivity index (χ4n) is 3.11. The van der Waals surface area contributed by atoms with Crippen LogP contribution in [0, 0.1) is 0 Å². The van der Waals surface area contributed by atoms with Crippen molar-refractivity contribution < 1.29 is 26.4 Å². The van der Waals surface area contributed by atoms with Gasteiger partial charge >= 0.3 is 6.18 Å². The van der Waals surface area contributed by atoms with Gasteiger partial charge in [0.1, 0.15) is 0 Å². The Labute approximate surface area is 198 Å². The Morgan fingerprint density at radius 3 is 2.37 bits per heavy atom. The molecule has 0 saturated heterocycles. The molecule has 1 heterocycles. The van der Waals surface area contributed by atoms with Gasteiger partial charge in [-0.05, 0) is 54.6 Å². The molecule has 3 aromatic carbocycles. The van der Waals surface area contributed by atoms with Crippen molar-refractivity contribution >= 4 is 44.4 Å². The molecule has 0 radical (unpaired) electrons. The zero-order valence-corrected chi connectivity index (χ0v) is 18.6. The second kappa shape index (κ2) is 9.55. The number of nitrogens with one attached hydrogen (secondary N) is 2. The molecular weight excluding hydrogens is 481 g/mol. The number of nitrogens with zero attached hydrogens (tertiary/aromatic N) is 2. The van der Waals surface area contributed by atoms with E-state index in [0.717, 1.165) is 12.1 Å². The Hall–Kier alpha value is -4.25. The van der Waals surface area contributed by atoms with Gasteiger partial charge in [0.2, 0.25) is 5.91 Å². The first kappa shape index (κ1) is 23.9. The van der Waals surface area contributed by atoms with Crippen LogP contribution in [-0.2, 0) is 21.0 Å². The van der Waals surface area contributed by atoms with Crippen LogP contribution in [-0.4, -0.2) is 24.3 Å². The molecule has 0 unspecified atom stereocenters. The van der Waals surface area contributed by atoms with E-state index in [2.05, 4.69) is 20.0 Å². The van der Waals surface area contributed by atoms with Crippen LogP contribution in [0.2, 0.25) is 0 Å². The molecule has 0 atom stereocenters. The summed E-state index contributed by atoms with van der Waals surface area (Å²) in [5.41, 5.74) is 0.791. The molecule has 178 valence electrons. The lowest BCUT2D eigenvalue weighted by Crippen LogP contribution is -2.15. The average molecular weight is 498 g/mol. The van der Waals surface area contributed by atoms with E-state index in [0.29, 0.717) is 22.8 Å². The van der Waals surface area contributed by atoms with Crippen molar-refractivity contribution in [2.24, 2.45) is 0 Å². The zero-order valence-electron chi connectivity index (χ0n) is 17.8. The molecule has 11 heteroatoms. The van der Waals surface area contributed by atoms with Crippen LogP contribution in [0.25, 0.3) is 17.1 Å². The molecule has 0 saturated carbocycles. The van der Waals surface area contributed by atoms with E-state index >= 15 is 0 Å². The third-order valence-electron chi connectivity index (χ3n) is 4.73. The standard InChI is InChI=1S/C24H17F3N4O3S/c25-24(26,27)16-5-3-7-18(13-16)31-35(33,34)20-8-4-6-17(14-20)30-23(32)12-11-19-15-28-21-9-1-2-10-22(21)29-19/h1-15,31H,(H,30,32)/b12-11+. The van der Waals surface area contributed by atoms with Gasteiger partial charge in [-0.25, -0.2) is 13.4 Å². The Morgan fingerprint density at radius 1 is 0.886 bits per heavy atom. The Kier molecular flexibility index (Phi) is 6.52. The van der Waals surface area contributed by atoms with E-state index < -0.39 is 27.7 Å². The summed E-state index contributed by atoms with van der Waals surface area (Å²) in [5, 5.41) is 2.54. The lowest BCUT2D eigenvalue weighted by Gasteiger charge is -2.12. The Morgan fingerprint density at radius 2 is 1.60 bits per heavy atom. The van der Waals surface area contributed by atoms with E-state index in [1.165, 1.54) is 48.7 Å². The number of alkyl halides is 3. The number of amides is 1. The Balaban J connectivity index is 1.47. The van der Waals surface area contributed by atoms with Crippen LogP contribution < -0.4 is 10.0 Å². The third kappa shape index (κ3) is 6.01. The van der Waals surface area contributed by atoms with E-state index in [1.54, 1.807) is 6.07 Å². The molecular formula is C24H17F3N4O3S. The van der Waals surface area contributed by atoms with Gasteiger partial charge in [0.15, 0.2) is 0 Å². The van der Waals surface area contributed by atoms with Gasteiger partial charge < -0.3 is 5.32 Å². The molecule has 0 aliphatic rings. The zero-order chi connectivity index (χ0) is 25.1. The smallest absolute Gasteiger partial charge is 0.322 e. The number of anilines is 2. The summed E-state index contributed by atoms with van der Waals surface area (Å²) in [5.74, 6) is -0.541. The fourth-order valence-corrected chi connectivity index (χ4v) is 4.21. The number of aromatic nitrogens is 2. The molecule has 0 aliphatic heterocycles. The predicted octanol–water partition coefficient (Wildman–Crippen LogP) is 5.10. The number of carbonyl (C=O) groups excluding carboxylic acids is 1. The van der Waals surface area contributed by atoms with Gasteiger partial charge in [0, 0.05) is 17.5 Å². The van der Waals surface area contributed by atoms with E-state index in [4.69, 9.17) is 0 Å². The first-order valence-electron chi connectivity index (χ1n) is 10.1. The van der Waals surface area contributed by atoms with E-state index in [9.17, 15) is 26.4 Å². The lowest BCUT2D eigenvalue weighted by atomic mass is 10.2. The number of halogens is 3. The maximum absolute atomic E-state index is 12.9. The second-order valence-electron chi connectivity index (χ2n) is 7.32. The van der Waals surface area contributed by atoms with Crippen LogP contribution in [0.15, 0.2) is 90.0 Å². The lowest BCUT2D eigenvalue weighted by molar-refractivity contribution is -0.137. The van der Waals surface area contributed by atoms with Gasteiger partial charge in [0.25, 0.3) is 10.0 Å². The highest BCUT2D eigenvalue weighted by atomic mass is 32.2. The normalized spacial score (nSPS) is 12.1. The van der Waals surface area contributed by atoms with Gasteiger partial charge in [-0.1, -0.05) is 24.3 Å².